The van der Waals surface area contributed by atoms with Gasteiger partial charge in [-0.15, -0.1) is 6.04 Å². The number of fused-ring (bicyclic) bond motifs is 3. The van der Waals surface area contributed by atoms with Gasteiger partial charge in [-0.1, -0.05) is 101 Å². The van der Waals surface area contributed by atoms with Gasteiger partial charge < -0.3 is 31.5 Å². The molecule has 31 heavy (non-hydrogen) atoms. The van der Waals surface area contributed by atoms with Crippen LogP contribution >= 0.6 is 11.6 Å². The molecule has 2 atom stereocenters. The average molecular weight is 631 g/mol. The van der Waals surface area contributed by atoms with E-state index in [-0.39, 0.29) is 52.9 Å². The number of nitrogens with zero attached hydrogens (tertiary/aromatic N) is 1. The predicted molar refractivity (Wildman–Crippen MR) is 136 cm³/mol. The number of hydrogen-bond acceptors (Lipinski definition) is 1. The Hall–Kier alpha value is -1.03. The van der Waals surface area contributed by atoms with Crippen LogP contribution in [-0.2, 0) is 21.1 Å². The molecule has 1 saturated carbocycles. The molecule has 0 bridgehead atoms. The summed E-state index contributed by atoms with van der Waals surface area (Å²) in [5.41, 5.74) is 8.49. The van der Waals surface area contributed by atoms with E-state index in [1.807, 2.05) is 42.6 Å². The number of halogens is 1. The third kappa shape index (κ3) is 10.9. The molecular weight excluding hydrogens is 591 g/mol. The molecule has 2 unspecified atom stereocenters. The van der Waals surface area contributed by atoms with Gasteiger partial charge in [-0.25, -0.2) is 0 Å². The number of rotatable bonds is 0. The Labute approximate surface area is 208 Å². The van der Waals surface area contributed by atoms with Gasteiger partial charge in [-0.2, -0.15) is 0 Å². The second-order valence-electron chi connectivity index (χ2n) is 7.05. The van der Waals surface area contributed by atoms with Crippen LogP contribution in [0.4, 0.5) is 0 Å². The van der Waals surface area contributed by atoms with Crippen molar-refractivity contribution in [3.05, 3.63) is 74.3 Å². The molecule has 1 aromatic heterocycles. The number of nitrogens with one attached hydrogen (secondary N) is 1. The van der Waals surface area contributed by atoms with Crippen LogP contribution in [0.25, 0.3) is 27.4 Å². The monoisotopic (exact) mass is 630 g/mol. The van der Waals surface area contributed by atoms with Gasteiger partial charge >= 0.3 is 0 Å². The van der Waals surface area contributed by atoms with Gasteiger partial charge in [0.15, 0.2) is 0 Å². The zero-order valence-electron chi connectivity index (χ0n) is 19.5. The summed E-state index contributed by atoms with van der Waals surface area (Å²) in [6, 6.07) is 14.2. The largest absolute Gasteiger partial charge is 0.674 e. The molecule has 0 radical (unpaired) electrons. The molecule has 2 aromatic carbocycles. The normalized spacial score (nSPS) is 16.2. The summed E-state index contributed by atoms with van der Waals surface area (Å²) in [7, 11) is 0. The molecule has 4 nitrogen and oxygen atoms in total. The number of pyridine rings is 1. The van der Waals surface area contributed by atoms with Crippen molar-refractivity contribution in [1.82, 2.24) is 4.98 Å². The van der Waals surface area contributed by atoms with Crippen LogP contribution in [0.5, 0.6) is 0 Å². The number of aromatic nitrogens is 1. The van der Waals surface area contributed by atoms with E-state index < -0.39 is 0 Å². The van der Waals surface area contributed by atoms with Crippen molar-refractivity contribution >= 4 is 33.3 Å². The van der Waals surface area contributed by atoms with E-state index >= 15 is 0 Å². The Kier molecular flexibility index (Phi) is 23.6. The fraction of sp³-hybridized carbons (Fsp3) is 0.400. The minimum atomic E-state index is 0. The van der Waals surface area contributed by atoms with Crippen molar-refractivity contribution in [2.24, 2.45) is 5.92 Å². The molecule has 4 rings (SSSR count). The van der Waals surface area contributed by atoms with Crippen molar-refractivity contribution < 1.29 is 32.0 Å². The third-order valence-corrected chi connectivity index (χ3v) is 4.98. The standard InChI is InChI=1S/C13H8ClN.C7H14N.C3H8.2CH3.2H2O.Pt/c14-12-8-9-4-3-7-15-13(9)11-6-2-1-5-10(11)12;1-6-4-2-3-5-7(6)8;1-3-2;;;;;/h1-8H;6-8H,2-5H2,1H3;3H2,1-2H3;2*1H3;2*1H2;/q;-1;;2*-1;;;. The SMILES string of the molecule is CC1CCCCC1[NH-].CCC.Clc1cc2cccnc2c2ccccc12.O.O.[CH3-].[CH3-].[Pt]. The minimum Gasteiger partial charge on any atom is -0.674 e. The van der Waals surface area contributed by atoms with Gasteiger partial charge in [0.05, 0.1) is 5.52 Å². The van der Waals surface area contributed by atoms with Crippen LogP contribution in [0.15, 0.2) is 48.7 Å². The molecule has 1 heterocycles. The molecule has 6 heteroatoms. The Morgan fingerprint density at radius 3 is 2.03 bits per heavy atom. The van der Waals surface area contributed by atoms with E-state index in [1.54, 1.807) is 0 Å². The smallest absolute Gasteiger partial charge is 0.0781 e. The molecule has 1 aliphatic rings. The Balaban J connectivity index is -0.000000200. The molecule has 5 N–H and O–H groups in total. The van der Waals surface area contributed by atoms with Crippen LogP contribution in [0.1, 0.15) is 52.9 Å². The summed E-state index contributed by atoms with van der Waals surface area (Å²) in [6.07, 6.45) is 8.13. The molecule has 0 aliphatic heterocycles. The van der Waals surface area contributed by atoms with Crippen LogP contribution in [0.3, 0.4) is 0 Å². The fourth-order valence-electron chi connectivity index (χ4n) is 3.19. The zero-order chi connectivity index (χ0) is 18.9. The summed E-state index contributed by atoms with van der Waals surface area (Å²) in [5.74, 6) is 0.670. The van der Waals surface area contributed by atoms with E-state index in [1.165, 1.54) is 25.7 Å². The zero-order valence-corrected chi connectivity index (χ0v) is 22.5. The molecule has 182 valence electrons. The quantitative estimate of drug-likeness (QED) is 0.189. The van der Waals surface area contributed by atoms with Crippen LogP contribution in [0.2, 0.25) is 5.02 Å². The van der Waals surface area contributed by atoms with E-state index in [9.17, 15) is 0 Å². The average Bonchev–Trinajstić information content (AvgIpc) is 2.66. The first-order valence-electron chi connectivity index (χ1n) is 9.71. The van der Waals surface area contributed by atoms with Crippen LogP contribution in [-0.4, -0.2) is 22.0 Å². The maximum atomic E-state index is 7.48. The summed E-state index contributed by atoms with van der Waals surface area (Å²) in [5, 5.41) is 4.04. The van der Waals surface area contributed by atoms with Gasteiger partial charge in [0.25, 0.3) is 0 Å². The first kappa shape index (κ1) is 37.3. The third-order valence-electron chi connectivity index (χ3n) is 4.67. The van der Waals surface area contributed by atoms with Crippen molar-refractivity contribution in [3.63, 3.8) is 0 Å². The number of benzene rings is 2. The van der Waals surface area contributed by atoms with Gasteiger partial charge in [0.1, 0.15) is 0 Å². The Morgan fingerprint density at radius 2 is 1.52 bits per heavy atom. The first-order chi connectivity index (χ1) is 12.6. The maximum absolute atomic E-state index is 7.48. The second kappa shape index (κ2) is 19.6. The van der Waals surface area contributed by atoms with Gasteiger partial charge in [-0.3, -0.25) is 4.98 Å². The van der Waals surface area contributed by atoms with Crippen LogP contribution < -0.4 is 0 Å². The van der Waals surface area contributed by atoms with Gasteiger partial charge in [0, 0.05) is 48.4 Å². The summed E-state index contributed by atoms with van der Waals surface area (Å²) in [6.45, 7) is 6.44. The molecule has 0 saturated heterocycles. The molecule has 0 amide bonds. The molecule has 1 fully saturated rings. The maximum Gasteiger partial charge on any atom is 0.0781 e. The molecule has 3 aromatic rings. The Morgan fingerprint density at radius 1 is 0.968 bits per heavy atom. The summed E-state index contributed by atoms with van der Waals surface area (Å²) in [4.78, 5) is 4.39. The molecule has 0 spiro atoms. The van der Waals surface area contributed by atoms with E-state index in [0.29, 0.717) is 5.92 Å². The van der Waals surface area contributed by atoms with Gasteiger partial charge in [-0.05, 0) is 12.1 Å². The van der Waals surface area contributed by atoms with Gasteiger partial charge in [0.2, 0.25) is 0 Å². The number of hydrogen-bond donors (Lipinski definition) is 0. The summed E-state index contributed by atoms with van der Waals surface area (Å²) >= 11 is 6.21. The van der Waals surface area contributed by atoms with E-state index in [4.69, 9.17) is 17.3 Å². The first-order valence-corrected chi connectivity index (χ1v) is 10.1. The van der Waals surface area contributed by atoms with Crippen LogP contribution in [0, 0.1) is 20.8 Å². The van der Waals surface area contributed by atoms with Crippen molar-refractivity contribution in [1.29, 1.82) is 0 Å². The van der Waals surface area contributed by atoms with Crippen molar-refractivity contribution in [2.45, 2.75) is 58.9 Å². The van der Waals surface area contributed by atoms with Crippen molar-refractivity contribution in [3.8, 4) is 0 Å². The fourth-order valence-corrected chi connectivity index (χ4v) is 3.47. The predicted octanol–water partition coefficient (Wildman–Crippen LogP) is 7.32. The second-order valence-corrected chi connectivity index (χ2v) is 7.46. The van der Waals surface area contributed by atoms with Crippen molar-refractivity contribution in [2.75, 3.05) is 0 Å². The minimum absolute atomic E-state index is 0. The Bertz CT molecular complexity index is 823. The molecular formula is C25H40ClN2O2Pt-3. The van der Waals surface area contributed by atoms with E-state index in [0.717, 1.165) is 33.1 Å². The molecule has 1 aliphatic carbocycles. The summed E-state index contributed by atoms with van der Waals surface area (Å²) < 4.78 is 0. The van der Waals surface area contributed by atoms with E-state index in [2.05, 4.69) is 31.8 Å². The topological polar surface area (TPSA) is 99.7 Å².